The van der Waals surface area contributed by atoms with Crippen LogP contribution in [-0.2, 0) is 9.47 Å². The Kier molecular flexibility index (Phi) is 6.01. The van der Waals surface area contributed by atoms with E-state index in [2.05, 4.69) is 16.4 Å². The zero-order chi connectivity index (χ0) is 23.9. The number of nitrogens with zero attached hydrogens (tertiary/aromatic N) is 5. The number of aliphatic hydroxyl groups is 1. The third kappa shape index (κ3) is 4.23. The van der Waals surface area contributed by atoms with Gasteiger partial charge in [-0.1, -0.05) is 17.7 Å². The maximum atomic E-state index is 10.2. The largest absolute Gasteiger partial charge is 0.389 e. The number of ether oxygens (including phenoxy) is 2. The number of pyridine rings is 1. The molecule has 2 saturated heterocycles. The predicted octanol–water partition coefficient (Wildman–Crippen LogP) is 4.26. The second kappa shape index (κ2) is 9.31. The number of hydrogen-bond donors (Lipinski definition) is 2. The molecule has 0 spiro atoms. The Morgan fingerprint density at radius 3 is 2.89 bits per heavy atom. The Bertz CT molecular complexity index is 1390. The van der Waals surface area contributed by atoms with Gasteiger partial charge in [-0.15, -0.1) is 0 Å². The normalized spacial score (nSPS) is 23.1. The van der Waals surface area contributed by atoms with E-state index in [1.54, 1.807) is 6.20 Å². The minimum absolute atomic E-state index is 0.0622. The molecule has 0 amide bonds. The Hall–Kier alpha value is -2.85. The number of aromatic nitrogens is 5. The first kappa shape index (κ1) is 22.6. The maximum Gasteiger partial charge on any atom is 0.223 e. The molecule has 2 fully saturated rings. The fourth-order valence-electron chi connectivity index (χ4n) is 4.98. The van der Waals surface area contributed by atoms with Crippen LogP contribution < -0.4 is 5.32 Å². The molecule has 182 valence electrons. The number of aliphatic hydroxyl groups excluding tert-OH is 1. The lowest BCUT2D eigenvalue weighted by Crippen LogP contribution is -2.42. The topological polar surface area (TPSA) is 107 Å². The summed E-state index contributed by atoms with van der Waals surface area (Å²) in [6, 6.07) is 5.83. The lowest BCUT2D eigenvalue weighted by atomic mass is 10.0. The average Bonchev–Trinajstić information content (AvgIpc) is 3.23. The van der Waals surface area contributed by atoms with Crippen molar-refractivity contribution >= 4 is 39.4 Å². The van der Waals surface area contributed by atoms with Gasteiger partial charge in [0.25, 0.3) is 0 Å². The number of anilines is 1. The molecule has 10 heteroatoms. The Morgan fingerprint density at radius 2 is 2.06 bits per heavy atom. The van der Waals surface area contributed by atoms with Crippen molar-refractivity contribution in [2.24, 2.45) is 0 Å². The molecule has 3 aromatic heterocycles. The van der Waals surface area contributed by atoms with Crippen LogP contribution in [-0.4, -0.2) is 61.8 Å². The molecule has 5 heterocycles. The number of hydrogen-bond acceptors (Lipinski definition) is 8. The molecule has 1 unspecified atom stereocenters. The van der Waals surface area contributed by atoms with Gasteiger partial charge in [0.05, 0.1) is 58.6 Å². The summed E-state index contributed by atoms with van der Waals surface area (Å²) in [4.78, 5) is 13.7. The summed E-state index contributed by atoms with van der Waals surface area (Å²) in [6.07, 6.45) is 6.64. The van der Waals surface area contributed by atoms with Crippen molar-refractivity contribution in [3.8, 4) is 11.3 Å². The fraction of sp³-hybridized carbons (Fsp3) is 0.440. The van der Waals surface area contributed by atoms with E-state index in [1.165, 1.54) is 0 Å². The minimum Gasteiger partial charge on any atom is -0.389 e. The van der Waals surface area contributed by atoms with Gasteiger partial charge in [0.2, 0.25) is 5.95 Å². The van der Waals surface area contributed by atoms with Gasteiger partial charge in [-0.25, -0.2) is 14.6 Å². The molecule has 9 nitrogen and oxygen atoms in total. The van der Waals surface area contributed by atoms with Crippen molar-refractivity contribution in [3.63, 3.8) is 0 Å². The molecule has 6 rings (SSSR count). The number of halogens is 1. The van der Waals surface area contributed by atoms with Crippen LogP contribution >= 0.6 is 11.6 Å². The highest BCUT2D eigenvalue weighted by Gasteiger charge is 2.25. The van der Waals surface area contributed by atoms with E-state index in [0.717, 1.165) is 58.9 Å². The summed E-state index contributed by atoms with van der Waals surface area (Å²) < 4.78 is 13.3. The number of benzene rings is 1. The summed E-state index contributed by atoms with van der Waals surface area (Å²) in [5.74, 6) is 0.422. The van der Waals surface area contributed by atoms with Gasteiger partial charge >= 0.3 is 0 Å². The zero-order valence-corrected chi connectivity index (χ0v) is 20.2. The number of nitrogens with one attached hydrogen (secondary N) is 1. The van der Waals surface area contributed by atoms with Gasteiger partial charge in [-0.3, -0.25) is 4.98 Å². The van der Waals surface area contributed by atoms with E-state index in [0.29, 0.717) is 36.3 Å². The Morgan fingerprint density at radius 1 is 1.14 bits per heavy atom. The van der Waals surface area contributed by atoms with E-state index >= 15 is 0 Å². The van der Waals surface area contributed by atoms with Crippen molar-refractivity contribution < 1.29 is 14.6 Å². The van der Waals surface area contributed by atoms with Crippen LogP contribution in [0.2, 0.25) is 5.02 Å². The first-order valence-electron chi connectivity index (χ1n) is 12.0. The summed E-state index contributed by atoms with van der Waals surface area (Å²) in [7, 11) is 0. The van der Waals surface area contributed by atoms with Gasteiger partial charge in [0.1, 0.15) is 0 Å². The molecule has 0 saturated carbocycles. The summed E-state index contributed by atoms with van der Waals surface area (Å²) in [5, 5.41) is 20.8. The van der Waals surface area contributed by atoms with Crippen LogP contribution in [0.1, 0.15) is 37.6 Å². The standard InChI is InChI=1S/C25H27ClN6O3/c1-14-23-16-10-15(24-17(26)11-28-25(30-24)29-19-7-9-34-13-21(19)33)5-6-18(16)27-12-20(23)32(31-14)22-4-2-3-8-35-22/h5-6,10-12,19,21-22,33H,2-4,7-9,13H2,1H3,(H,28,29,30)/t19-,21-,22?/m1/s1. The van der Waals surface area contributed by atoms with E-state index < -0.39 is 6.10 Å². The molecule has 3 atom stereocenters. The van der Waals surface area contributed by atoms with E-state index in [4.69, 9.17) is 36.1 Å². The van der Waals surface area contributed by atoms with Crippen LogP contribution in [0.5, 0.6) is 0 Å². The van der Waals surface area contributed by atoms with Crippen LogP contribution in [0.3, 0.4) is 0 Å². The first-order chi connectivity index (χ1) is 17.1. The van der Waals surface area contributed by atoms with Gasteiger partial charge in [0, 0.05) is 29.5 Å². The molecular weight excluding hydrogens is 468 g/mol. The van der Waals surface area contributed by atoms with E-state index in [-0.39, 0.29) is 12.3 Å². The second-order valence-electron chi connectivity index (χ2n) is 9.17. The molecule has 2 aliphatic heterocycles. The highest BCUT2D eigenvalue weighted by Crippen LogP contribution is 2.35. The highest BCUT2D eigenvalue weighted by atomic mass is 35.5. The van der Waals surface area contributed by atoms with Crippen molar-refractivity contribution in [1.82, 2.24) is 24.7 Å². The summed E-state index contributed by atoms with van der Waals surface area (Å²) >= 11 is 6.54. The van der Waals surface area contributed by atoms with Crippen LogP contribution in [0.25, 0.3) is 33.1 Å². The molecule has 2 aliphatic rings. The molecule has 0 aliphatic carbocycles. The van der Waals surface area contributed by atoms with Gasteiger partial charge in [-0.2, -0.15) is 5.10 Å². The second-order valence-corrected chi connectivity index (χ2v) is 9.58. The average molecular weight is 495 g/mol. The lowest BCUT2D eigenvalue weighted by Gasteiger charge is -2.28. The Balaban J connectivity index is 1.41. The molecule has 4 aromatic rings. The zero-order valence-electron chi connectivity index (χ0n) is 19.4. The summed E-state index contributed by atoms with van der Waals surface area (Å²) in [6.45, 7) is 3.66. The third-order valence-electron chi connectivity index (χ3n) is 6.80. The monoisotopic (exact) mass is 494 g/mol. The Labute approximate surface area is 207 Å². The van der Waals surface area contributed by atoms with E-state index in [9.17, 15) is 5.11 Å². The molecular formula is C25H27ClN6O3. The fourth-order valence-corrected chi connectivity index (χ4v) is 5.18. The highest BCUT2D eigenvalue weighted by molar-refractivity contribution is 6.33. The molecule has 2 N–H and O–H groups in total. The molecule has 35 heavy (non-hydrogen) atoms. The van der Waals surface area contributed by atoms with Crippen LogP contribution in [0.4, 0.5) is 5.95 Å². The van der Waals surface area contributed by atoms with Gasteiger partial charge in [-0.05, 0) is 44.7 Å². The SMILES string of the molecule is Cc1nn(C2CCCCO2)c2cnc3ccc(-c4nc(N[C@@H]5CCOC[C@H]5O)ncc4Cl)cc3c12. The molecule has 0 bridgehead atoms. The number of fused-ring (bicyclic) bond motifs is 3. The third-order valence-corrected chi connectivity index (χ3v) is 7.08. The van der Waals surface area contributed by atoms with Crippen molar-refractivity contribution in [3.05, 3.63) is 41.3 Å². The number of rotatable bonds is 4. The molecule has 0 radical (unpaired) electrons. The lowest BCUT2D eigenvalue weighted by molar-refractivity contribution is -0.0368. The maximum absolute atomic E-state index is 10.2. The van der Waals surface area contributed by atoms with Crippen LogP contribution in [0.15, 0.2) is 30.6 Å². The van der Waals surface area contributed by atoms with Crippen molar-refractivity contribution in [1.29, 1.82) is 0 Å². The smallest absolute Gasteiger partial charge is 0.223 e. The van der Waals surface area contributed by atoms with E-state index in [1.807, 2.05) is 29.9 Å². The van der Waals surface area contributed by atoms with Crippen molar-refractivity contribution in [2.45, 2.75) is 51.0 Å². The molecule has 1 aromatic carbocycles. The van der Waals surface area contributed by atoms with Crippen molar-refractivity contribution in [2.75, 3.05) is 25.1 Å². The van der Waals surface area contributed by atoms with Gasteiger partial charge < -0.3 is 19.9 Å². The van der Waals surface area contributed by atoms with Gasteiger partial charge in [0.15, 0.2) is 6.23 Å². The van der Waals surface area contributed by atoms with Crippen LogP contribution in [0, 0.1) is 6.92 Å². The number of aryl methyl sites for hydroxylation is 1. The predicted molar refractivity (Wildman–Crippen MR) is 134 cm³/mol. The minimum atomic E-state index is -0.612. The quantitative estimate of drug-likeness (QED) is 0.433. The first-order valence-corrected chi connectivity index (χ1v) is 12.4. The summed E-state index contributed by atoms with van der Waals surface area (Å²) in [5.41, 5.74) is 4.25.